The predicted molar refractivity (Wildman–Crippen MR) is 99.6 cm³/mol. The van der Waals surface area contributed by atoms with Gasteiger partial charge in [0.15, 0.2) is 0 Å². The first-order chi connectivity index (χ1) is 12.3. The zero-order valence-corrected chi connectivity index (χ0v) is 13.6. The van der Waals surface area contributed by atoms with Gasteiger partial charge in [-0.25, -0.2) is 0 Å². The van der Waals surface area contributed by atoms with Gasteiger partial charge < -0.3 is 4.74 Å². The summed E-state index contributed by atoms with van der Waals surface area (Å²) in [4.78, 5) is 0. The maximum atomic E-state index is 8.91. The fourth-order valence-electron chi connectivity index (χ4n) is 2.24. The Morgan fingerprint density at radius 2 is 1.76 bits per heavy atom. The van der Waals surface area contributed by atoms with Crippen LogP contribution in [0.2, 0.25) is 0 Å². The van der Waals surface area contributed by atoms with Crippen molar-refractivity contribution in [2.45, 2.75) is 6.61 Å². The van der Waals surface area contributed by atoms with E-state index in [0.29, 0.717) is 12.2 Å². The molecule has 0 amide bonds. The second-order valence-corrected chi connectivity index (χ2v) is 5.41. The maximum Gasteiger partial charge on any atom is 0.119 e. The molecule has 0 saturated heterocycles. The minimum Gasteiger partial charge on any atom is -0.489 e. The van der Waals surface area contributed by atoms with Gasteiger partial charge in [-0.3, -0.25) is 5.43 Å². The molecule has 0 spiro atoms. The van der Waals surface area contributed by atoms with E-state index in [1.54, 1.807) is 12.3 Å². The second-order valence-electron chi connectivity index (χ2n) is 5.41. The van der Waals surface area contributed by atoms with E-state index in [0.717, 1.165) is 22.6 Å². The Kier molecular flexibility index (Phi) is 5.42. The van der Waals surface area contributed by atoms with E-state index in [4.69, 9.17) is 10.00 Å². The first kappa shape index (κ1) is 16.3. The lowest BCUT2D eigenvalue weighted by Gasteiger charge is -2.06. The van der Waals surface area contributed by atoms with Crippen LogP contribution in [0, 0.1) is 11.3 Å². The highest BCUT2D eigenvalue weighted by atomic mass is 16.5. The summed E-state index contributed by atoms with van der Waals surface area (Å²) >= 11 is 0. The Morgan fingerprint density at radius 3 is 2.52 bits per heavy atom. The van der Waals surface area contributed by atoms with Crippen LogP contribution in [0.4, 0.5) is 5.69 Å². The van der Waals surface area contributed by atoms with Gasteiger partial charge in [0.25, 0.3) is 0 Å². The minimum absolute atomic E-state index is 0.429. The number of hydrogen-bond acceptors (Lipinski definition) is 4. The summed E-state index contributed by atoms with van der Waals surface area (Å²) in [6, 6.07) is 27.0. The SMILES string of the molecule is N#Cc1cccc(COc2ccc(C=NNc3ccccc3)cc2)c1. The highest BCUT2D eigenvalue weighted by molar-refractivity contribution is 5.80. The molecule has 0 heterocycles. The van der Waals surface area contributed by atoms with E-state index in [9.17, 15) is 0 Å². The number of benzene rings is 3. The van der Waals surface area contributed by atoms with Crippen molar-refractivity contribution in [1.82, 2.24) is 0 Å². The van der Waals surface area contributed by atoms with Crippen molar-refractivity contribution in [2.24, 2.45) is 5.10 Å². The number of anilines is 1. The smallest absolute Gasteiger partial charge is 0.119 e. The average Bonchev–Trinajstić information content (AvgIpc) is 2.68. The molecule has 0 aliphatic heterocycles. The molecule has 1 N–H and O–H groups in total. The van der Waals surface area contributed by atoms with Crippen molar-refractivity contribution in [3.05, 3.63) is 95.6 Å². The Morgan fingerprint density at radius 1 is 0.960 bits per heavy atom. The van der Waals surface area contributed by atoms with Gasteiger partial charge in [0.1, 0.15) is 12.4 Å². The highest BCUT2D eigenvalue weighted by Gasteiger charge is 1.98. The largest absolute Gasteiger partial charge is 0.489 e. The molecule has 0 unspecified atom stereocenters. The fourth-order valence-corrected chi connectivity index (χ4v) is 2.24. The minimum atomic E-state index is 0.429. The number of nitriles is 1. The highest BCUT2D eigenvalue weighted by Crippen LogP contribution is 2.14. The van der Waals surface area contributed by atoms with Crippen LogP contribution in [0.3, 0.4) is 0 Å². The lowest BCUT2D eigenvalue weighted by Crippen LogP contribution is -1.96. The number of hydrogen-bond donors (Lipinski definition) is 1. The second kappa shape index (κ2) is 8.32. The van der Waals surface area contributed by atoms with Gasteiger partial charge in [0.05, 0.1) is 23.5 Å². The van der Waals surface area contributed by atoms with Gasteiger partial charge in [0.2, 0.25) is 0 Å². The molecule has 122 valence electrons. The molecule has 0 fully saturated rings. The number of ether oxygens (including phenoxy) is 1. The zero-order chi connectivity index (χ0) is 17.3. The van der Waals surface area contributed by atoms with Crippen molar-refractivity contribution < 1.29 is 4.74 Å². The van der Waals surface area contributed by atoms with Crippen LogP contribution >= 0.6 is 0 Å². The Labute approximate surface area is 147 Å². The average molecular weight is 327 g/mol. The van der Waals surface area contributed by atoms with E-state index < -0.39 is 0 Å². The summed E-state index contributed by atoms with van der Waals surface area (Å²) in [7, 11) is 0. The van der Waals surface area contributed by atoms with Gasteiger partial charge in [0, 0.05) is 0 Å². The third kappa shape index (κ3) is 4.95. The fraction of sp³-hybridized carbons (Fsp3) is 0.0476. The molecule has 0 bridgehead atoms. The summed E-state index contributed by atoms with van der Waals surface area (Å²) in [6.45, 7) is 0.429. The number of rotatable bonds is 6. The van der Waals surface area contributed by atoms with Gasteiger partial charge in [-0.05, 0) is 59.7 Å². The van der Waals surface area contributed by atoms with Crippen LogP contribution in [-0.2, 0) is 6.61 Å². The van der Waals surface area contributed by atoms with E-state index >= 15 is 0 Å². The van der Waals surface area contributed by atoms with Crippen LogP contribution in [0.15, 0.2) is 84.0 Å². The van der Waals surface area contributed by atoms with E-state index in [-0.39, 0.29) is 0 Å². The number of hydrazone groups is 1. The molecule has 0 saturated carbocycles. The first-order valence-corrected chi connectivity index (χ1v) is 7.89. The summed E-state index contributed by atoms with van der Waals surface area (Å²) in [5, 5.41) is 13.1. The zero-order valence-electron chi connectivity index (χ0n) is 13.6. The summed E-state index contributed by atoms with van der Waals surface area (Å²) in [5.41, 5.74) is 6.50. The van der Waals surface area contributed by atoms with Crippen LogP contribution in [0.5, 0.6) is 5.75 Å². The van der Waals surface area contributed by atoms with Gasteiger partial charge >= 0.3 is 0 Å². The topological polar surface area (TPSA) is 57.4 Å². The number of nitrogens with zero attached hydrogens (tertiary/aromatic N) is 2. The third-order valence-electron chi connectivity index (χ3n) is 3.52. The molecule has 0 atom stereocenters. The van der Waals surface area contributed by atoms with E-state index in [1.165, 1.54) is 0 Å². The standard InChI is InChI=1S/C21H17N3O/c22-14-18-5-4-6-19(13-18)16-25-21-11-9-17(10-12-21)15-23-24-20-7-2-1-3-8-20/h1-13,15,24H,16H2. The van der Waals surface area contributed by atoms with Gasteiger partial charge in [-0.1, -0.05) is 30.3 Å². The van der Waals surface area contributed by atoms with Crippen molar-refractivity contribution >= 4 is 11.9 Å². The van der Waals surface area contributed by atoms with Crippen molar-refractivity contribution in [3.63, 3.8) is 0 Å². The van der Waals surface area contributed by atoms with Crippen LogP contribution in [0.1, 0.15) is 16.7 Å². The molecule has 25 heavy (non-hydrogen) atoms. The molecule has 3 rings (SSSR count). The summed E-state index contributed by atoms with van der Waals surface area (Å²) in [5.74, 6) is 0.774. The normalized spacial score (nSPS) is 10.4. The molecule has 4 heteroatoms. The lowest BCUT2D eigenvalue weighted by atomic mass is 10.1. The maximum absolute atomic E-state index is 8.91. The predicted octanol–water partition coefficient (Wildman–Crippen LogP) is 4.58. The van der Waals surface area contributed by atoms with Crippen molar-refractivity contribution in [2.75, 3.05) is 5.43 Å². The third-order valence-corrected chi connectivity index (χ3v) is 3.52. The first-order valence-electron chi connectivity index (χ1n) is 7.89. The van der Waals surface area contributed by atoms with Gasteiger partial charge in [-0.2, -0.15) is 10.4 Å². The number of nitrogens with one attached hydrogen (secondary N) is 1. The van der Waals surface area contributed by atoms with Crippen LogP contribution < -0.4 is 10.2 Å². The molecule has 0 aromatic heterocycles. The van der Waals surface area contributed by atoms with E-state index in [1.807, 2.05) is 72.8 Å². The summed E-state index contributed by atoms with van der Waals surface area (Å²) < 4.78 is 5.75. The monoisotopic (exact) mass is 327 g/mol. The summed E-state index contributed by atoms with van der Waals surface area (Å²) in [6.07, 6.45) is 1.76. The lowest BCUT2D eigenvalue weighted by molar-refractivity contribution is 0.306. The molecule has 0 aliphatic carbocycles. The molecule has 3 aromatic carbocycles. The molecular weight excluding hydrogens is 310 g/mol. The molecule has 3 aromatic rings. The Balaban J connectivity index is 1.54. The molecular formula is C21H17N3O. The number of para-hydroxylation sites is 1. The van der Waals surface area contributed by atoms with Gasteiger partial charge in [-0.15, -0.1) is 0 Å². The van der Waals surface area contributed by atoms with E-state index in [2.05, 4.69) is 16.6 Å². The van der Waals surface area contributed by atoms with Crippen LogP contribution in [-0.4, -0.2) is 6.21 Å². The Hall–Kier alpha value is -3.58. The van der Waals surface area contributed by atoms with Crippen LogP contribution in [0.25, 0.3) is 0 Å². The molecule has 0 aliphatic rings. The van der Waals surface area contributed by atoms with Crippen molar-refractivity contribution in [1.29, 1.82) is 5.26 Å². The van der Waals surface area contributed by atoms with Crippen molar-refractivity contribution in [3.8, 4) is 11.8 Å². The quantitative estimate of drug-likeness (QED) is 0.532. The molecule has 4 nitrogen and oxygen atoms in total. The Bertz CT molecular complexity index is 881. The molecule has 0 radical (unpaired) electrons.